The minimum Gasteiger partial charge on any atom is -0.310 e. The van der Waals surface area contributed by atoms with E-state index in [-0.39, 0.29) is 18.3 Å². The zero-order valence-electron chi connectivity index (χ0n) is 14.9. The predicted molar refractivity (Wildman–Crippen MR) is 107 cm³/mol. The number of carbonyl (C=O) groups excluding carboxylic acids is 1. The van der Waals surface area contributed by atoms with Crippen molar-refractivity contribution < 1.29 is 9.18 Å². The topological polar surface area (TPSA) is 50.2 Å². The Balaban J connectivity index is 1.58. The number of nitrogens with one attached hydrogen (secondary N) is 1. The van der Waals surface area contributed by atoms with Gasteiger partial charge in [-0.3, -0.25) is 9.69 Å². The highest BCUT2D eigenvalue weighted by molar-refractivity contribution is 9.10. The van der Waals surface area contributed by atoms with Crippen LogP contribution in [0, 0.1) is 5.82 Å². The van der Waals surface area contributed by atoms with Gasteiger partial charge in [0.1, 0.15) is 11.6 Å². The van der Waals surface area contributed by atoms with Crippen molar-refractivity contribution in [3.05, 3.63) is 82.2 Å². The molecule has 1 amide bonds. The van der Waals surface area contributed by atoms with Crippen LogP contribution in [0.2, 0.25) is 0 Å². The Morgan fingerprint density at radius 3 is 2.78 bits per heavy atom. The monoisotopic (exact) mass is 430 g/mol. The van der Waals surface area contributed by atoms with Crippen LogP contribution in [-0.2, 0) is 17.9 Å². The van der Waals surface area contributed by atoms with Gasteiger partial charge in [-0.15, -0.1) is 0 Å². The normalized spacial score (nSPS) is 11.0. The van der Waals surface area contributed by atoms with Crippen molar-refractivity contribution >= 4 is 27.7 Å². The molecule has 1 heterocycles. The van der Waals surface area contributed by atoms with E-state index in [1.807, 2.05) is 30.3 Å². The molecule has 0 atom stereocenters. The van der Waals surface area contributed by atoms with E-state index in [2.05, 4.69) is 26.3 Å². The maximum absolute atomic E-state index is 13.9. The van der Waals surface area contributed by atoms with Crippen LogP contribution >= 0.6 is 15.9 Å². The van der Waals surface area contributed by atoms with Crippen LogP contribution in [0.4, 0.5) is 10.2 Å². The number of benzene rings is 2. The van der Waals surface area contributed by atoms with Gasteiger partial charge in [0.15, 0.2) is 0 Å². The summed E-state index contributed by atoms with van der Waals surface area (Å²) >= 11 is 3.34. The number of aromatic nitrogens is 2. The van der Waals surface area contributed by atoms with Gasteiger partial charge in [0, 0.05) is 22.6 Å². The van der Waals surface area contributed by atoms with E-state index in [0.29, 0.717) is 24.5 Å². The largest absolute Gasteiger partial charge is 0.310 e. The Labute approximate surface area is 165 Å². The zero-order valence-corrected chi connectivity index (χ0v) is 16.5. The van der Waals surface area contributed by atoms with E-state index in [1.54, 1.807) is 41.0 Å². The lowest BCUT2D eigenvalue weighted by molar-refractivity contribution is -0.117. The van der Waals surface area contributed by atoms with Gasteiger partial charge in [-0.2, -0.15) is 5.10 Å². The SMILES string of the molecule is CN(CC(=O)Nc1ccnn1Cc1ccccc1)Cc1cc(Br)ccc1F. The Morgan fingerprint density at radius 1 is 1.22 bits per heavy atom. The summed E-state index contributed by atoms with van der Waals surface area (Å²) in [5, 5.41) is 7.14. The lowest BCUT2D eigenvalue weighted by atomic mass is 10.2. The lowest BCUT2D eigenvalue weighted by Crippen LogP contribution is -2.30. The summed E-state index contributed by atoms with van der Waals surface area (Å²) in [4.78, 5) is 14.1. The molecule has 1 N–H and O–H groups in total. The first-order valence-electron chi connectivity index (χ1n) is 8.49. The van der Waals surface area contributed by atoms with Crippen molar-refractivity contribution in [3.63, 3.8) is 0 Å². The minimum absolute atomic E-state index is 0.141. The maximum Gasteiger partial charge on any atom is 0.239 e. The van der Waals surface area contributed by atoms with Gasteiger partial charge in [-0.05, 0) is 30.8 Å². The van der Waals surface area contributed by atoms with Gasteiger partial charge >= 0.3 is 0 Å². The number of rotatable bonds is 7. The summed E-state index contributed by atoms with van der Waals surface area (Å²) in [6.45, 7) is 1.05. The second-order valence-electron chi connectivity index (χ2n) is 6.32. The standard InChI is InChI=1S/C20H20BrFN4O/c1-25(13-16-11-17(21)7-8-18(16)22)14-20(27)24-19-9-10-23-26(19)12-15-5-3-2-4-6-15/h2-11H,12-14H2,1H3,(H,24,27). The molecular formula is C20H20BrFN4O. The number of halogens is 2. The first-order valence-corrected chi connectivity index (χ1v) is 9.28. The van der Waals surface area contributed by atoms with Crippen LogP contribution in [0.25, 0.3) is 0 Å². The van der Waals surface area contributed by atoms with Gasteiger partial charge in [-0.25, -0.2) is 9.07 Å². The average molecular weight is 431 g/mol. The highest BCUT2D eigenvalue weighted by Gasteiger charge is 2.12. The third kappa shape index (κ3) is 5.48. The summed E-state index contributed by atoms with van der Waals surface area (Å²) in [5.41, 5.74) is 1.63. The highest BCUT2D eigenvalue weighted by Crippen LogP contribution is 2.17. The molecule has 3 rings (SSSR count). The summed E-state index contributed by atoms with van der Waals surface area (Å²) < 4.78 is 16.4. The molecule has 27 heavy (non-hydrogen) atoms. The van der Waals surface area contributed by atoms with Crippen molar-refractivity contribution in [2.75, 3.05) is 18.9 Å². The predicted octanol–water partition coefficient (Wildman–Crippen LogP) is 3.90. The summed E-state index contributed by atoms with van der Waals surface area (Å²) in [6.07, 6.45) is 1.65. The number of likely N-dealkylation sites (N-methyl/N-ethyl adjacent to an activating group) is 1. The van der Waals surface area contributed by atoms with E-state index in [4.69, 9.17) is 0 Å². The number of nitrogens with zero attached hydrogens (tertiary/aromatic N) is 3. The number of carbonyl (C=O) groups is 1. The first kappa shape index (κ1) is 19.3. The van der Waals surface area contributed by atoms with Crippen LogP contribution < -0.4 is 5.32 Å². The Bertz CT molecular complexity index is 913. The van der Waals surface area contributed by atoms with E-state index in [0.717, 1.165) is 10.0 Å². The fourth-order valence-corrected chi connectivity index (χ4v) is 3.17. The van der Waals surface area contributed by atoms with Gasteiger partial charge in [-0.1, -0.05) is 46.3 Å². The number of amides is 1. The quantitative estimate of drug-likeness (QED) is 0.618. The molecule has 0 saturated carbocycles. The van der Waals surface area contributed by atoms with Crippen LogP contribution in [-0.4, -0.2) is 34.2 Å². The molecule has 0 aliphatic rings. The van der Waals surface area contributed by atoms with Crippen molar-refractivity contribution in [1.82, 2.24) is 14.7 Å². The van der Waals surface area contributed by atoms with E-state index in [1.165, 1.54) is 6.07 Å². The summed E-state index contributed by atoms with van der Waals surface area (Å²) in [5.74, 6) is 0.167. The second-order valence-corrected chi connectivity index (χ2v) is 7.23. The van der Waals surface area contributed by atoms with Crippen LogP contribution in [0.5, 0.6) is 0 Å². The second kappa shape index (κ2) is 8.92. The van der Waals surface area contributed by atoms with Crippen molar-refractivity contribution in [1.29, 1.82) is 0 Å². The van der Waals surface area contributed by atoms with Crippen molar-refractivity contribution in [2.24, 2.45) is 0 Å². The highest BCUT2D eigenvalue weighted by atomic mass is 79.9. The Hall–Kier alpha value is -2.51. The summed E-state index contributed by atoms with van der Waals surface area (Å²) in [6, 6.07) is 16.4. The third-order valence-electron chi connectivity index (χ3n) is 4.02. The summed E-state index contributed by atoms with van der Waals surface area (Å²) in [7, 11) is 1.78. The molecule has 0 aliphatic heterocycles. The fraction of sp³-hybridized carbons (Fsp3) is 0.200. The molecule has 0 fully saturated rings. The molecule has 7 heteroatoms. The Morgan fingerprint density at radius 2 is 2.00 bits per heavy atom. The van der Waals surface area contributed by atoms with Gasteiger partial charge in [0.25, 0.3) is 0 Å². The molecule has 2 aromatic carbocycles. The van der Waals surface area contributed by atoms with Crippen LogP contribution in [0.1, 0.15) is 11.1 Å². The molecule has 0 bridgehead atoms. The number of hydrogen-bond donors (Lipinski definition) is 1. The van der Waals surface area contributed by atoms with Crippen molar-refractivity contribution in [3.8, 4) is 0 Å². The minimum atomic E-state index is -0.286. The molecule has 0 spiro atoms. The first-order chi connectivity index (χ1) is 13.0. The smallest absolute Gasteiger partial charge is 0.239 e. The Kier molecular flexibility index (Phi) is 6.36. The van der Waals surface area contributed by atoms with Crippen LogP contribution in [0.3, 0.4) is 0 Å². The molecule has 0 saturated heterocycles. The van der Waals surface area contributed by atoms with E-state index >= 15 is 0 Å². The van der Waals surface area contributed by atoms with Gasteiger partial charge in [0.05, 0.1) is 19.3 Å². The third-order valence-corrected chi connectivity index (χ3v) is 4.51. The molecule has 5 nitrogen and oxygen atoms in total. The number of anilines is 1. The van der Waals surface area contributed by atoms with Gasteiger partial charge < -0.3 is 5.32 Å². The molecule has 0 aliphatic carbocycles. The number of hydrogen-bond acceptors (Lipinski definition) is 3. The lowest BCUT2D eigenvalue weighted by Gasteiger charge is -2.17. The zero-order chi connectivity index (χ0) is 19.2. The molecule has 3 aromatic rings. The van der Waals surface area contributed by atoms with E-state index < -0.39 is 0 Å². The molecule has 0 unspecified atom stereocenters. The molecule has 0 radical (unpaired) electrons. The molecule has 1 aromatic heterocycles. The van der Waals surface area contributed by atoms with E-state index in [9.17, 15) is 9.18 Å². The van der Waals surface area contributed by atoms with Crippen LogP contribution in [0.15, 0.2) is 65.3 Å². The van der Waals surface area contributed by atoms with Gasteiger partial charge in [0.2, 0.25) is 5.91 Å². The average Bonchev–Trinajstić information content (AvgIpc) is 3.05. The maximum atomic E-state index is 13.9. The van der Waals surface area contributed by atoms with Crippen molar-refractivity contribution in [2.45, 2.75) is 13.1 Å². The fourth-order valence-electron chi connectivity index (χ4n) is 2.76. The molecule has 140 valence electrons. The molecular weight excluding hydrogens is 411 g/mol.